The molecule has 29 heavy (non-hydrogen) atoms. The Morgan fingerprint density at radius 1 is 1.00 bits per heavy atom. The average Bonchev–Trinajstić information content (AvgIpc) is 3.05. The van der Waals surface area contributed by atoms with Crippen molar-refractivity contribution in [2.75, 3.05) is 0 Å². The molecule has 0 aliphatic heterocycles. The summed E-state index contributed by atoms with van der Waals surface area (Å²) in [6, 6.07) is 7.18. The predicted octanol–water partition coefficient (Wildman–Crippen LogP) is 4.28. The van der Waals surface area contributed by atoms with Crippen molar-refractivity contribution in [1.82, 2.24) is 9.78 Å². The van der Waals surface area contributed by atoms with Crippen LogP contribution in [0.1, 0.15) is 17.7 Å². The summed E-state index contributed by atoms with van der Waals surface area (Å²) in [7, 11) is -4.35. The molecule has 0 aliphatic rings. The third-order valence-corrected chi connectivity index (χ3v) is 4.87. The summed E-state index contributed by atoms with van der Waals surface area (Å²) in [6.07, 6.45) is -7.59. The molecule has 0 amide bonds. The van der Waals surface area contributed by atoms with E-state index in [2.05, 4.69) is 5.10 Å². The van der Waals surface area contributed by atoms with E-state index in [0.717, 1.165) is 53.2 Å². The van der Waals surface area contributed by atoms with Crippen LogP contribution in [0.5, 0.6) is 0 Å². The van der Waals surface area contributed by atoms with E-state index in [9.17, 15) is 34.8 Å². The molecule has 154 valence electrons. The first-order chi connectivity index (χ1) is 13.4. The third-order valence-electron chi connectivity index (χ3n) is 3.93. The molecule has 2 aromatic carbocycles. The lowest BCUT2D eigenvalue weighted by Crippen LogP contribution is -2.14. The number of sulfonamides is 1. The Bertz CT molecular complexity index is 1150. The van der Waals surface area contributed by atoms with Crippen molar-refractivity contribution in [3.8, 4) is 16.9 Å². The second-order valence-electron chi connectivity index (χ2n) is 5.90. The lowest BCUT2D eigenvalue weighted by Gasteiger charge is -2.11. The topological polar surface area (TPSA) is 78.0 Å². The van der Waals surface area contributed by atoms with Crippen LogP contribution in [0.2, 0.25) is 0 Å². The fraction of sp³-hybridized carbons (Fsp3) is 0.118. The maximum atomic E-state index is 14.2. The van der Waals surface area contributed by atoms with Gasteiger partial charge >= 0.3 is 6.18 Å². The van der Waals surface area contributed by atoms with Gasteiger partial charge in [0.15, 0.2) is 0 Å². The Labute approximate surface area is 160 Å². The zero-order valence-corrected chi connectivity index (χ0v) is 15.0. The van der Waals surface area contributed by atoms with Crippen LogP contribution in [0.25, 0.3) is 16.9 Å². The van der Waals surface area contributed by atoms with Gasteiger partial charge in [0.2, 0.25) is 10.0 Å². The highest BCUT2D eigenvalue weighted by molar-refractivity contribution is 7.89. The minimum atomic E-state index is -4.59. The fourth-order valence-corrected chi connectivity index (χ4v) is 3.18. The van der Waals surface area contributed by atoms with Crippen molar-refractivity contribution >= 4 is 10.0 Å². The zero-order valence-electron chi connectivity index (χ0n) is 14.2. The van der Waals surface area contributed by atoms with E-state index in [0.29, 0.717) is 0 Å². The molecular formula is C17H11F6N3O2S. The Morgan fingerprint density at radius 3 is 2.10 bits per heavy atom. The molecular weight excluding hydrogens is 424 g/mol. The number of nitrogens with two attached hydrogens (primary N) is 1. The van der Waals surface area contributed by atoms with E-state index in [-0.39, 0.29) is 16.9 Å². The monoisotopic (exact) mass is 435 g/mol. The molecule has 0 fully saturated rings. The summed E-state index contributed by atoms with van der Waals surface area (Å²) >= 11 is 0. The van der Waals surface area contributed by atoms with Gasteiger partial charge in [0.1, 0.15) is 16.4 Å². The Kier molecular flexibility index (Phi) is 5.17. The highest BCUT2D eigenvalue weighted by atomic mass is 32.2. The molecule has 0 saturated carbocycles. The van der Waals surface area contributed by atoms with Crippen molar-refractivity contribution in [2.45, 2.75) is 17.5 Å². The zero-order chi connectivity index (χ0) is 21.6. The van der Waals surface area contributed by atoms with Crippen molar-refractivity contribution in [3.63, 3.8) is 0 Å². The van der Waals surface area contributed by atoms with Gasteiger partial charge in [-0.25, -0.2) is 31.4 Å². The maximum absolute atomic E-state index is 14.2. The van der Waals surface area contributed by atoms with E-state index in [1.807, 2.05) is 0 Å². The number of hydrogen-bond donors (Lipinski definition) is 1. The number of alkyl halides is 5. The maximum Gasteiger partial charge on any atom is 0.416 e. The number of nitrogens with zero attached hydrogens (tertiary/aromatic N) is 2. The van der Waals surface area contributed by atoms with Crippen LogP contribution in [0.4, 0.5) is 26.3 Å². The van der Waals surface area contributed by atoms with E-state index in [1.54, 1.807) is 0 Å². The predicted molar refractivity (Wildman–Crippen MR) is 90.3 cm³/mol. The molecule has 0 saturated heterocycles. The fourth-order valence-electron chi connectivity index (χ4n) is 2.59. The van der Waals surface area contributed by atoms with Gasteiger partial charge in [0, 0.05) is 5.56 Å². The van der Waals surface area contributed by atoms with Crippen LogP contribution in [0, 0.1) is 5.82 Å². The van der Waals surface area contributed by atoms with Crippen LogP contribution >= 0.6 is 0 Å². The van der Waals surface area contributed by atoms with E-state index >= 15 is 0 Å². The van der Waals surface area contributed by atoms with E-state index in [1.165, 1.54) is 0 Å². The van der Waals surface area contributed by atoms with Gasteiger partial charge in [-0.3, -0.25) is 0 Å². The number of rotatable bonds is 4. The molecule has 0 radical (unpaired) electrons. The van der Waals surface area contributed by atoms with Gasteiger partial charge in [0.25, 0.3) is 6.43 Å². The minimum Gasteiger partial charge on any atom is -0.233 e. The number of primary sulfonamides is 1. The molecule has 0 bridgehead atoms. The average molecular weight is 435 g/mol. The summed E-state index contributed by atoms with van der Waals surface area (Å²) in [5, 5.41) is 8.55. The smallest absolute Gasteiger partial charge is 0.233 e. The van der Waals surface area contributed by atoms with Crippen molar-refractivity contribution in [2.24, 2.45) is 5.14 Å². The molecule has 1 heterocycles. The van der Waals surface area contributed by atoms with Crippen LogP contribution < -0.4 is 5.14 Å². The second-order valence-corrected chi connectivity index (χ2v) is 7.43. The molecule has 5 nitrogen and oxygen atoms in total. The molecule has 3 rings (SSSR count). The van der Waals surface area contributed by atoms with Gasteiger partial charge in [0.05, 0.1) is 16.9 Å². The summed E-state index contributed by atoms with van der Waals surface area (Å²) in [5.74, 6) is -1.22. The standard InChI is InChI=1S/C17H11F6N3O2S/c18-12-7-9(1-6-15(12)29(24,27)28)14-8-13(16(19)20)25-26(14)11-4-2-10(3-5-11)17(21,22)23/h1-8,16H,(H2,24,27,28). The first kappa shape index (κ1) is 20.9. The lowest BCUT2D eigenvalue weighted by molar-refractivity contribution is -0.137. The van der Waals surface area contributed by atoms with Gasteiger partial charge in [-0.15, -0.1) is 0 Å². The SMILES string of the molecule is NS(=O)(=O)c1ccc(-c2cc(C(F)F)nn2-c2ccc(C(F)(F)F)cc2)cc1F. The molecule has 3 aromatic rings. The third kappa shape index (κ3) is 4.27. The van der Waals surface area contributed by atoms with E-state index < -0.39 is 44.6 Å². The largest absolute Gasteiger partial charge is 0.416 e. The quantitative estimate of drug-likeness (QED) is 0.622. The number of aromatic nitrogens is 2. The first-order valence-corrected chi connectivity index (χ1v) is 9.31. The lowest BCUT2D eigenvalue weighted by atomic mass is 10.1. The van der Waals surface area contributed by atoms with Crippen LogP contribution in [-0.2, 0) is 16.2 Å². The number of halogens is 6. The highest BCUT2D eigenvalue weighted by Gasteiger charge is 2.30. The van der Waals surface area contributed by atoms with Crippen LogP contribution in [0.3, 0.4) is 0 Å². The first-order valence-electron chi connectivity index (χ1n) is 7.76. The molecule has 1 aromatic heterocycles. The normalized spacial score (nSPS) is 12.6. The van der Waals surface area contributed by atoms with Crippen molar-refractivity contribution in [3.05, 3.63) is 65.6 Å². The summed E-state index contributed by atoms with van der Waals surface area (Å²) in [6.45, 7) is 0. The molecule has 0 atom stereocenters. The molecule has 0 aliphatic carbocycles. The van der Waals surface area contributed by atoms with Gasteiger partial charge < -0.3 is 0 Å². The van der Waals surface area contributed by atoms with Gasteiger partial charge in [-0.1, -0.05) is 6.07 Å². The molecule has 0 unspecified atom stereocenters. The van der Waals surface area contributed by atoms with E-state index in [4.69, 9.17) is 5.14 Å². The Balaban J connectivity index is 2.14. The Morgan fingerprint density at radius 2 is 1.62 bits per heavy atom. The minimum absolute atomic E-state index is 0.0100. The van der Waals surface area contributed by atoms with Gasteiger partial charge in [-0.2, -0.15) is 18.3 Å². The van der Waals surface area contributed by atoms with Crippen molar-refractivity contribution in [1.29, 1.82) is 0 Å². The summed E-state index contributed by atoms with van der Waals surface area (Å²) < 4.78 is 102. The van der Waals surface area contributed by atoms with Crippen molar-refractivity contribution < 1.29 is 34.8 Å². The highest BCUT2D eigenvalue weighted by Crippen LogP contribution is 2.32. The van der Waals surface area contributed by atoms with Crippen LogP contribution in [-0.4, -0.2) is 18.2 Å². The Hall–Kier alpha value is -2.86. The molecule has 0 spiro atoms. The van der Waals surface area contributed by atoms with Gasteiger partial charge in [-0.05, 0) is 42.5 Å². The second kappa shape index (κ2) is 7.19. The summed E-state index contributed by atoms with van der Waals surface area (Å²) in [4.78, 5) is -0.795. The van der Waals surface area contributed by atoms with Crippen LogP contribution in [0.15, 0.2) is 53.4 Å². The molecule has 12 heteroatoms. The number of hydrogen-bond acceptors (Lipinski definition) is 3. The molecule has 2 N–H and O–H groups in total. The summed E-state index contributed by atoms with van der Waals surface area (Å²) in [5.41, 5.74) is -1.76. The number of benzene rings is 2.